The molecule has 0 aliphatic carbocycles. The van der Waals surface area contributed by atoms with Crippen molar-refractivity contribution in [3.63, 3.8) is 0 Å². The second-order valence-corrected chi connectivity index (χ2v) is 15.3. The van der Waals surface area contributed by atoms with Gasteiger partial charge in [0, 0.05) is 12.8 Å². The van der Waals surface area contributed by atoms with Crippen LogP contribution in [0.15, 0.2) is 0 Å². The average molecular weight is 679 g/mol. The lowest BCUT2D eigenvalue weighted by Gasteiger charge is -2.18. The number of rotatable bonds is 41. The van der Waals surface area contributed by atoms with E-state index >= 15 is 0 Å². The predicted molar refractivity (Wildman–Crippen MR) is 209 cm³/mol. The lowest BCUT2D eigenvalue weighted by atomic mass is 10.0. The molecule has 0 radical (unpaired) electrons. The molecular weight excluding hydrogens is 592 g/mol. The van der Waals surface area contributed by atoms with Crippen LogP contribution in [0.1, 0.15) is 264 Å². The van der Waals surface area contributed by atoms with Crippen molar-refractivity contribution >= 4 is 11.9 Å². The predicted octanol–water partition coefficient (Wildman–Crippen LogP) is 15.2. The minimum Gasteiger partial charge on any atom is -0.481 e. The monoisotopic (exact) mass is 679 g/mol. The number of carbonyl (C=O) groups excluding carboxylic acids is 1. The van der Waals surface area contributed by atoms with E-state index in [2.05, 4.69) is 13.8 Å². The van der Waals surface area contributed by atoms with E-state index in [1.54, 1.807) is 0 Å². The van der Waals surface area contributed by atoms with Gasteiger partial charge < -0.3 is 9.84 Å². The van der Waals surface area contributed by atoms with Crippen LogP contribution in [-0.4, -0.2) is 23.1 Å². The Labute approximate surface area is 301 Å². The van der Waals surface area contributed by atoms with Crippen LogP contribution in [0, 0.1) is 0 Å². The fourth-order valence-electron chi connectivity index (χ4n) is 7.07. The lowest BCUT2D eigenvalue weighted by molar-refractivity contribution is -0.150. The Kier molecular flexibility index (Phi) is 39.5. The summed E-state index contributed by atoms with van der Waals surface area (Å²) >= 11 is 0. The molecule has 0 saturated carbocycles. The first-order chi connectivity index (χ1) is 23.6. The maximum atomic E-state index is 12.7. The second kappa shape index (κ2) is 40.4. The van der Waals surface area contributed by atoms with Crippen molar-refractivity contribution in [3.8, 4) is 0 Å². The van der Waals surface area contributed by atoms with Gasteiger partial charge in [-0.3, -0.25) is 9.59 Å². The maximum Gasteiger partial charge on any atom is 0.306 e. The van der Waals surface area contributed by atoms with Gasteiger partial charge in [-0.2, -0.15) is 0 Å². The Morgan fingerprint density at radius 1 is 0.375 bits per heavy atom. The summed E-state index contributed by atoms with van der Waals surface area (Å²) in [6.07, 6.45) is 48.5. The molecule has 0 bridgehead atoms. The topological polar surface area (TPSA) is 63.6 Å². The largest absolute Gasteiger partial charge is 0.481 e. The van der Waals surface area contributed by atoms with Gasteiger partial charge >= 0.3 is 11.9 Å². The molecule has 4 nitrogen and oxygen atoms in total. The van der Waals surface area contributed by atoms with E-state index in [0.29, 0.717) is 6.42 Å². The first-order valence-corrected chi connectivity index (χ1v) is 22.0. The Bertz CT molecular complexity index is 648. The van der Waals surface area contributed by atoms with Crippen molar-refractivity contribution in [2.24, 2.45) is 0 Å². The number of carboxylic acids is 1. The van der Waals surface area contributed by atoms with Crippen molar-refractivity contribution < 1.29 is 19.4 Å². The molecule has 1 unspecified atom stereocenters. The molecule has 1 N–H and O–H groups in total. The van der Waals surface area contributed by atoms with Gasteiger partial charge in [0.25, 0.3) is 0 Å². The summed E-state index contributed by atoms with van der Waals surface area (Å²) in [6.45, 7) is 4.57. The highest BCUT2D eigenvalue weighted by Gasteiger charge is 2.14. The van der Waals surface area contributed by atoms with E-state index in [1.807, 2.05) is 0 Å². The SMILES string of the molecule is CCCCCCCCCCCCCCCCCCC(=O)OC(CCCCCCCCCCCCCCCC)CCCCCCCC(=O)O. The van der Waals surface area contributed by atoms with Crippen LogP contribution in [-0.2, 0) is 14.3 Å². The second-order valence-electron chi connectivity index (χ2n) is 15.3. The standard InChI is InChI=1S/C44H86O4/c1-3-5-7-9-11-13-15-17-19-20-22-24-26-28-33-37-41-44(47)48-42(39-35-31-29-32-36-40-43(45)46)38-34-30-27-25-23-21-18-16-14-12-10-8-6-4-2/h42H,3-41H2,1-2H3,(H,45,46). The first kappa shape index (κ1) is 46.9. The number of aliphatic carboxylic acids is 1. The molecule has 4 heteroatoms. The van der Waals surface area contributed by atoms with Gasteiger partial charge in [0.2, 0.25) is 0 Å². The summed E-state index contributed by atoms with van der Waals surface area (Å²) in [5, 5.41) is 8.84. The lowest BCUT2D eigenvalue weighted by Crippen LogP contribution is -2.18. The highest BCUT2D eigenvalue weighted by Crippen LogP contribution is 2.19. The third-order valence-electron chi connectivity index (χ3n) is 10.3. The fraction of sp³-hybridized carbons (Fsp3) is 0.955. The smallest absolute Gasteiger partial charge is 0.306 e. The van der Waals surface area contributed by atoms with Crippen molar-refractivity contribution in [2.45, 2.75) is 270 Å². The molecule has 0 saturated heterocycles. The molecule has 286 valence electrons. The number of ether oxygens (including phenoxy) is 1. The van der Waals surface area contributed by atoms with Gasteiger partial charge in [-0.15, -0.1) is 0 Å². The minimum atomic E-state index is -0.695. The molecule has 0 amide bonds. The maximum absolute atomic E-state index is 12.7. The van der Waals surface area contributed by atoms with E-state index in [-0.39, 0.29) is 18.5 Å². The average Bonchev–Trinajstić information content (AvgIpc) is 3.07. The molecule has 48 heavy (non-hydrogen) atoms. The van der Waals surface area contributed by atoms with Gasteiger partial charge in [-0.05, 0) is 38.5 Å². The zero-order valence-corrected chi connectivity index (χ0v) is 32.8. The van der Waals surface area contributed by atoms with E-state index in [1.165, 1.54) is 173 Å². The molecule has 0 rings (SSSR count). The molecule has 0 heterocycles. The Morgan fingerprint density at radius 3 is 0.917 bits per heavy atom. The van der Waals surface area contributed by atoms with Crippen LogP contribution in [0.4, 0.5) is 0 Å². The zero-order valence-electron chi connectivity index (χ0n) is 32.8. The van der Waals surface area contributed by atoms with Crippen molar-refractivity contribution in [3.05, 3.63) is 0 Å². The van der Waals surface area contributed by atoms with E-state index in [9.17, 15) is 9.59 Å². The van der Waals surface area contributed by atoms with Crippen molar-refractivity contribution in [2.75, 3.05) is 0 Å². The third-order valence-corrected chi connectivity index (χ3v) is 10.3. The van der Waals surface area contributed by atoms with Crippen molar-refractivity contribution in [1.29, 1.82) is 0 Å². The molecule has 0 aliphatic rings. The van der Waals surface area contributed by atoms with Gasteiger partial charge in [-0.1, -0.05) is 213 Å². The highest BCUT2D eigenvalue weighted by molar-refractivity contribution is 5.69. The summed E-state index contributed by atoms with van der Waals surface area (Å²) < 4.78 is 6.03. The van der Waals surface area contributed by atoms with Crippen LogP contribution in [0.2, 0.25) is 0 Å². The van der Waals surface area contributed by atoms with Gasteiger partial charge in [0.1, 0.15) is 6.10 Å². The molecule has 0 aromatic heterocycles. The van der Waals surface area contributed by atoms with Gasteiger partial charge in [-0.25, -0.2) is 0 Å². The van der Waals surface area contributed by atoms with Gasteiger partial charge in [0.05, 0.1) is 0 Å². The Morgan fingerprint density at radius 2 is 0.625 bits per heavy atom. The van der Waals surface area contributed by atoms with Gasteiger partial charge in [0.15, 0.2) is 0 Å². The van der Waals surface area contributed by atoms with Crippen LogP contribution >= 0.6 is 0 Å². The highest BCUT2D eigenvalue weighted by atomic mass is 16.5. The quantitative estimate of drug-likeness (QED) is 0.0516. The van der Waals surface area contributed by atoms with Crippen LogP contribution in [0.5, 0.6) is 0 Å². The molecular formula is C44H86O4. The Hall–Kier alpha value is -1.06. The van der Waals surface area contributed by atoms with Crippen molar-refractivity contribution in [1.82, 2.24) is 0 Å². The number of hydrogen-bond donors (Lipinski definition) is 1. The molecule has 0 spiro atoms. The summed E-state index contributed by atoms with van der Waals surface area (Å²) in [5.74, 6) is -0.684. The summed E-state index contributed by atoms with van der Waals surface area (Å²) in [5.41, 5.74) is 0. The van der Waals surface area contributed by atoms with E-state index in [4.69, 9.17) is 9.84 Å². The van der Waals surface area contributed by atoms with Crippen LogP contribution in [0.25, 0.3) is 0 Å². The molecule has 0 aromatic rings. The van der Waals surface area contributed by atoms with Crippen LogP contribution < -0.4 is 0 Å². The summed E-state index contributed by atoms with van der Waals surface area (Å²) in [4.78, 5) is 23.4. The number of carbonyl (C=O) groups is 2. The first-order valence-electron chi connectivity index (χ1n) is 22.0. The third kappa shape index (κ3) is 39.4. The fourth-order valence-corrected chi connectivity index (χ4v) is 7.07. The molecule has 0 aromatic carbocycles. The summed E-state index contributed by atoms with van der Waals surface area (Å²) in [7, 11) is 0. The molecule has 0 aliphatic heterocycles. The molecule has 0 fully saturated rings. The van der Waals surface area contributed by atoms with E-state index in [0.717, 1.165) is 64.2 Å². The Balaban J connectivity index is 3.95. The minimum absolute atomic E-state index is 0.0113. The number of carboxylic acid groups (broad SMARTS) is 1. The summed E-state index contributed by atoms with van der Waals surface area (Å²) in [6, 6.07) is 0. The van der Waals surface area contributed by atoms with Crippen LogP contribution in [0.3, 0.4) is 0 Å². The zero-order chi connectivity index (χ0) is 35.0. The number of esters is 1. The molecule has 1 atom stereocenters. The number of hydrogen-bond acceptors (Lipinski definition) is 3. The van der Waals surface area contributed by atoms with E-state index < -0.39 is 5.97 Å². The number of unbranched alkanes of at least 4 members (excludes halogenated alkanes) is 32. The normalized spacial score (nSPS) is 12.0.